The molecule has 0 aromatic carbocycles. The Kier molecular flexibility index (Phi) is 4.00. The largest absolute Gasteiger partial charge is 0.310 e. The van der Waals surface area contributed by atoms with Gasteiger partial charge in [0.25, 0.3) is 0 Å². The van der Waals surface area contributed by atoms with Crippen molar-refractivity contribution in [1.82, 2.24) is 20.1 Å². The van der Waals surface area contributed by atoms with Crippen LogP contribution in [0.2, 0.25) is 0 Å². The van der Waals surface area contributed by atoms with Crippen molar-refractivity contribution in [3.05, 3.63) is 40.8 Å². The van der Waals surface area contributed by atoms with Gasteiger partial charge in [-0.2, -0.15) is 5.10 Å². The topological polar surface area (TPSA) is 42.7 Å². The molecule has 0 radical (unpaired) electrons. The average Bonchev–Trinajstić information content (AvgIpc) is 2.66. The van der Waals surface area contributed by atoms with E-state index in [2.05, 4.69) is 55.2 Å². The van der Waals surface area contributed by atoms with E-state index in [0.29, 0.717) is 6.04 Å². The number of hydrogen-bond acceptors (Lipinski definition) is 3. The van der Waals surface area contributed by atoms with Crippen LogP contribution >= 0.6 is 0 Å². The van der Waals surface area contributed by atoms with Gasteiger partial charge in [-0.25, -0.2) is 9.67 Å². The normalized spacial score (nSPS) is 11.3. The summed E-state index contributed by atoms with van der Waals surface area (Å²) in [4.78, 5) is 4.56. The van der Waals surface area contributed by atoms with Crippen LogP contribution in [-0.2, 0) is 6.54 Å². The molecule has 0 saturated heterocycles. The van der Waals surface area contributed by atoms with Crippen LogP contribution in [0.1, 0.15) is 36.4 Å². The van der Waals surface area contributed by atoms with Gasteiger partial charge in [-0.1, -0.05) is 13.8 Å². The quantitative estimate of drug-likeness (QED) is 0.917. The maximum absolute atomic E-state index is 4.56. The van der Waals surface area contributed by atoms with Gasteiger partial charge >= 0.3 is 0 Å². The molecule has 4 nitrogen and oxygen atoms in total. The van der Waals surface area contributed by atoms with Crippen molar-refractivity contribution in [3.8, 4) is 5.82 Å². The Morgan fingerprint density at radius 1 is 1.21 bits per heavy atom. The molecular formula is C15H22N4. The van der Waals surface area contributed by atoms with Crippen LogP contribution in [0.4, 0.5) is 0 Å². The Hall–Kier alpha value is -1.68. The zero-order chi connectivity index (χ0) is 14.0. The van der Waals surface area contributed by atoms with E-state index in [1.807, 2.05) is 17.8 Å². The highest BCUT2D eigenvalue weighted by Crippen LogP contribution is 2.15. The summed E-state index contributed by atoms with van der Waals surface area (Å²) >= 11 is 0. The predicted octanol–water partition coefficient (Wildman–Crippen LogP) is 2.69. The molecule has 0 saturated carbocycles. The minimum atomic E-state index is 0.482. The molecular weight excluding hydrogens is 236 g/mol. The lowest BCUT2D eigenvalue weighted by Gasteiger charge is -2.11. The fourth-order valence-electron chi connectivity index (χ4n) is 2.11. The number of rotatable bonds is 4. The van der Waals surface area contributed by atoms with Crippen molar-refractivity contribution in [2.45, 2.75) is 47.2 Å². The molecule has 0 atom stereocenters. The Morgan fingerprint density at radius 3 is 2.47 bits per heavy atom. The number of aromatic nitrogens is 3. The van der Waals surface area contributed by atoms with Gasteiger partial charge in [0.05, 0.1) is 5.69 Å². The number of aryl methyl sites for hydroxylation is 3. The van der Waals surface area contributed by atoms with Crippen molar-refractivity contribution in [2.75, 3.05) is 0 Å². The van der Waals surface area contributed by atoms with E-state index in [4.69, 9.17) is 0 Å². The zero-order valence-corrected chi connectivity index (χ0v) is 12.4. The molecule has 2 heterocycles. The van der Waals surface area contributed by atoms with Crippen LogP contribution in [0, 0.1) is 20.8 Å². The molecule has 0 unspecified atom stereocenters. The highest BCUT2D eigenvalue weighted by Gasteiger charge is 2.08. The van der Waals surface area contributed by atoms with Gasteiger partial charge < -0.3 is 5.32 Å². The van der Waals surface area contributed by atoms with E-state index in [1.165, 1.54) is 5.56 Å². The van der Waals surface area contributed by atoms with E-state index >= 15 is 0 Å². The van der Waals surface area contributed by atoms with Gasteiger partial charge in [0.1, 0.15) is 0 Å². The van der Waals surface area contributed by atoms with Gasteiger partial charge in [0.15, 0.2) is 5.82 Å². The monoisotopic (exact) mass is 258 g/mol. The summed E-state index contributed by atoms with van der Waals surface area (Å²) in [6.07, 6.45) is 1.92. The predicted molar refractivity (Wildman–Crippen MR) is 77.5 cm³/mol. The molecule has 0 aliphatic carbocycles. The number of nitrogens with zero attached hydrogens (tertiary/aromatic N) is 3. The molecule has 0 bridgehead atoms. The second kappa shape index (κ2) is 5.53. The minimum absolute atomic E-state index is 0.482. The standard InChI is InChI=1S/C15H22N4/c1-10(2)16-8-14-6-11(3)15(17-9-14)19-13(5)7-12(4)18-19/h6-7,9-10,16H,8H2,1-5H3. The Bertz CT molecular complexity index is 570. The molecule has 0 fully saturated rings. The number of hydrogen-bond donors (Lipinski definition) is 1. The summed E-state index contributed by atoms with van der Waals surface area (Å²) in [7, 11) is 0. The van der Waals surface area contributed by atoms with Crippen LogP contribution in [0.3, 0.4) is 0 Å². The molecule has 2 rings (SSSR count). The molecule has 4 heteroatoms. The van der Waals surface area contributed by atoms with Gasteiger partial charge in [0.2, 0.25) is 0 Å². The summed E-state index contributed by atoms with van der Waals surface area (Å²) in [6.45, 7) is 11.3. The van der Waals surface area contributed by atoms with Gasteiger partial charge in [0, 0.05) is 24.5 Å². The summed E-state index contributed by atoms with van der Waals surface area (Å²) in [5, 5.41) is 7.89. The van der Waals surface area contributed by atoms with Gasteiger partial charge in [-0.15, -0.1) is 0 Å². The van der Waals surface area contributed by atoms with E-state index in [9.17, 15) is 0 Å². The van der Waals surface area contributed by atoms with Crippen LogP contribution in [0.5, 0.6) is 0 Å². The average molecular weight is 258 g/mol. The van der Waals surface area contributed by atoms with Crippen LogP contribution in [-0.4, -0.2) is 20.8 Å². The lowest BCUT2D eigenvalue weighted by atomic mass is 10.2. The third-order valence-corrected chi connectivity index (χ3v) is 3.03. The molecule has 1 N–H and O–H groups in total. The molecule has 0 aliphatic heterocycles. The molecule has 19 heavy (non-hydrogen) atoms. The number of nitrogens with one attached hydrogen (secondary N) is 1. The lowest BCUT2D eigenvalue weighted by Crippen LogP contribution is -2.22. The molecule has 2 aromatic rings. The van der Waals surface area contributed by atoms with E-state index in [-0.39, 0.29) is 0 Å². The molecule has 0 amide bonds. The Morgan fingerprint density at radius 2 is 1.95 bits per heavy atom. The maximum atomic E-state index is 4.56. The van der Waals surface area contributed by atoms with Crippen molar-refractivity contribution in [1.29, 1.82) is 0 Å². The molecule has 0 spiro atoms. The first-order chi connectivity index (χ1) is 8.97. The van der Waals surface area contributed by atoms with E-state index in [1.54, 1.807) is 0 Å². The van der Waals surface area contributed by atoms with Crippen molar-refractivity contribution < 1.29 is 0 Å². The SMILES string of the molecule is Cc1cc(C)n(-c2ncc(CNC(C)C)cc2C)n1. The van der Waals surface area contributed by atoms with Crippen LogP contribution in [0.15, 0.2) is 18.3 Å². The summed E-state index contributed by atoms with van der Waals surface area (Å²) in [5.41, 5.74) is 4.48. The van der Waals surface area contributed by atoms with E-state index in [0.717, 1.165) is 29.3 Å². The minimum Gasteiger partial charge on any atom is -0.310 e. The van der Waals surface area contributed by atoms with Gasteiger partial charge in [-0.05, 0) is 44.0 Å². The first-order valence-electron chi connectivity index (χ1n) is 6.70. The van der Waals surface area contributed by atoms with Crippen molar-refractivity contribution in [2.24, 2.45) is 0 Å². The first-order valence-corrected chi connectivity index (χ1v) is 6.70. The van der Waals surface area contributed by atoms with Crippen molar-refractivity contribution in [3.63, 3.8) is 0 Å². The second-order valence-electron chi connectivity index (χ2n) is 5.36. The summed E-state index contributed by atoms with van der Waals surface area (Å²) < 4.78 is 1.91. The van der Waals surface area contributed by atoms with Crippen molar-refractivity contribution >= 4 is 0 Å². The van der Waals surface area contributed by atoms with Crippen LogP contribution in [0.25, 0.3) is 5.82 Å². The third-order valence-electron chi connectivity index (χ3n) is 3.03. The Balaban J connectivity index is 2.27. The summed E-state index contributed by atoms with van der Waals surface area (Å²) in [6, 6.07) is 4.72. The number of pyridine rings is 1. The smallest absolute Gasteiger partial charge is 0.156 e. The van der Waals surface area contributed by atoms with Gasteiger partial charge in [-0.3, -0.25) is 0 Å². The fraction of sp³-hybridized carbons (Fsp3) is 0.467. The summed E-state index contributed by atoms with van der Waals surface area (Å²) in [5.74, 6) is 0.916. The lowest BCUT2D eigenvalue weighted by molar-refractivity contribution is 0.587. The highest BCUT2D eigenvalue weighted by molar-refractivity contribution is 5.36. The molecule has 0 aliphatic rings. The zero-order valence-electron chi connectivity index (χ0n) is 12.4. The molecule has 2 aromatic heterocycles. The maximum Gasteiger partial charge on any atom is 0.156 e. The van der Waals surface area contributed by atoms with Crippen LogP contribution < -0.4 is 5.32 Å². The fourth-order valence-corrected chi connectivity index (χ4v) is 2.11. The molecule has 102 valence electrons. The first kappa shape index (κ1) is 13.7. The Labute approximate surface area is 114 Å². The second-order valence-corrected chi connectivity index (χ2v) is 5.36. The third kappa shape index (κ3) is 3.20. The van der Waals surface area contributed by atoms with E-state index < -0.39 is 0 Å². The highest BCUT2D eigenvalue weighted by atomic mass is 15.3.